The first-order chi connectivity index (χ1) is 13.9. The molecule has 1 amide bonds. The monoisotopic (exact) mass is 417 g/mol. The molecule has 0 saturated carbocycles. The van der Waals surface area contributed by atoms with Crippen molar-refractivity contribution in [3.63, 3.8) is 0 Å². The molecule has 0 bridgehead atoms. The number of benzene rings is 2. The van der Waals surface area contributed by atoms with Crippen molar-refractivity contribution >= 4 is 34.6 Å². The normalized spacial score (nSPS) is 19.1. The Morgan fingerprint density at radius 1 is 0.931 bits per heavy atom. The first kappa shape index (κ1) is 19.6. The Bertz CT molecular complexity index is 965. The number of hydrogen-bond acceptors (Lipinski definition) is 4. The van der Waals surface area contributed by atoms with Crippen molar-refractivity contribution in [1.82, 2.24) is 4.90 Å². The summed E-state index contributed by atoms with van der Waals surface area (Å²) in [5, 5.41) is 0.654. The minimum Gasteiger partial charge on any atom is -0.368 e. The van der Waals surface area contributed by atoms with Gasteiger partial charge in [-0.15, -0.1) is 0 Å². The molecule has 150 valence electrons. The van der Waals surface area contributed by atoms with Gasteiger partial charge in [-0.1, -0.05) is 36.4 Å². The maximum Gasteiger partial charge on any atom is 0.416 e. The average Bonchev–Trinajstić information content (AvgIpc) is 3.09. The molecule has 0 atom stereocenters. The van der Waals surface area contributed by atoms with Crippen molar-refractivity contribution < 1.29 is 18.0 Å². The number of amides is 1. The number of carbonyl (C=O) groups is 1. The zero-order chi connectivity index (χ0) is 20.4. The fourth-order valence-corrected chi connectivity index (χ4v) is 4.23. The van der Waals surface area contributed by atoms with E-state index in [0.717, 1.165) is 11.6 Å². The van der Waals surface area contributed by atoms with Gasteiger partial charge in [0.05, 0.1) is 10.5 Å². The number of nitrogens with zero attached hydrogens (tertiary/aromatic N) is 3. The van der Waals surface area contributed by atoms with Gasteiger partial charge in [-0.25, -0.2) is 0 Å². The Morgan fingerprint density at radius 2 is 1.62 bits per heavy atom. The zero-order valence-corrected chi connectivity index (χ0v) is 16.2. The molecule has 0 aliphatic carbocycles. The molecule has 2 aliphatic heterocycles. The molecule has 1 fully saturated rings. The molecule has 29 heavy (non-hydrogen) atoms. The smallest absolute Gasteiger partial charge is 0.368 e. The predicted octanol–water partition coefficient (Wildman–Crippen LogP) is 4.50. The van der Waals surface area contributed by atoms with Crippen LogP contribution in [0.15, 0.2) is 64.5 Å². The summed E-state index contributed by atoms with van der Waals surface area (Å²) in [6.45, 7) is 2.31. The lowest BCUT2D eigenvalue weighted by molar-refractivity contribution is -0.137. The average molecular weight is 417 g/mol. The number of piperazine rings is 1. The van der Waals surface area contributed by atoms with Crippen molar-refractivity contribution in [3.8, 4) is 0 Å². The molecule has 2 heterocycles. The Hall–Kier alpha value is -2.74. The number of rotatable bonds is 2. The van der Waals surface area contributed by atoms with Gasteiger partial charge in [0.25, 0.3) is 5.91 Å². The molecular weight excluding hydrogens is 399 g/mol. The standard InChI is InChI=1S/C21H18F3N3OS/c22-21(23,24)16-7-4-8-17(14-16)26-9-11-27(12-10-26)20-25-19(28)18(29-20)13-15-5-2-1-3-6-15/h1-8,13-14H,9-12H2/b18-13-. The fraction of sp³-hybridized carbons (Fsp3) is 0.238. The lowest BCUT2D eigenvalue weighted by Gasteiger charge is -2.36. The second kappa shape index (κ2) is 7.94. The molecule has 0 spiro atoms. The number of anilines is 1. The number of carbonyl (C=O) groups excluding carboxylic acids is 1. The van der Waals surface area contributed by atoms with Crippen LogP contribution in [0.2, 0.25) is 0 Å². The van der Waals surface area contributed by atoms with Crippen LogP contribution in [0.4, 0.5) is 18.9 Å². The van der Waals surface area contributed by atoms with E-state index in [1.807, 2.05) is 46.2 Å². The molecule has 2 aliphatic rings. The highest BCUT2D eigenvalue weighted by molar-refractivity contribution is 8.18. The van der Waals surface area contributed by atoms with Crippen LogP contribution >= 0.6 is 11.8 Å². The Balaban J connectivity index is 1.40. The first-order valence-electron chi connectivity index (χ1n) is 9.15. The summed E-state index contributed by atoms with van der Waals surface area (Å²) in [6, 6.07) is 15.0. The van der Waals surface area contributed by atoms with Gasteiger partial charge in [-0.05, 0) is 41.6 Å². The molecule has 1 saturated heterocycles. The lowest BCUT2D eigenvalue weighted by atomic mass is 10.1. The van der Waals surface area contributed by atoms with E-state index in [1.165, 1.54) is 23.9 Å². The molecule has 0 radical (unpaired) electrons. The molecule has 0 N–H and O–H groups in total. The fourth-order valence-electron chi connectivity index (χ4n) is 3.27. The van der Waals surface area contributed by atoms with E-state index < -0.39 is 11.7 Å². The molecule has 2 aromatic rings. The quantitative estimate of drug-likeness (QED) is 0.675. The van der Waals surface area contributed by atoms with Gasteiger partial charge in [0.15, 0.2) is 5.17 Å². The predicted molar refractivity (Wildman–Crippen MR) is 110 cm³/mol. The summed E-state index contributed by atoms with van der Waals surface area (Å²) in [4.78, 5) is 20.9. The minimum atomic E-state index is -4.35. The van der Waals surface area contributed by atoms with Crippen LogP contribution in [0.3, 0.4) is 0 Å². The topological polar surface area (TPSA) is 35.9 Å². The third-order valence-corrected chi connectivity index (χ3v) is 5.84. The zero-order valence-electron chi connectivity index (χ0n) is 15.4. The summed E-state index contributed by atoms with van der Waals surface area (Å²) >= 11 is 1.34. The SMILES string of the molecule is O=C1N=C(N2CCN(c3cccc(C(F)(F)F)c3)CC2)S/C1=C\c1ccccc1. The second-order valence-corrected chi connectivity index (χ2v) is 7.75. The lowest BCUT2D eigenvalue weighted by Crippen LogP contribution is -2.47. The van der Waals surface area contributed by atoms with Crippen LogP contribution in [-0.2, 0) is 11.0 Å². The maximum absolute atomic E-state index is 12.9. The van der Waals surface area contributed by atoms with Crippen LogP contribution in [0.25, 0.3) is 6.08 Å². The van der Waals surface area contributed by atoms with E-state index in [0.29, 0.717) is 41.9 Å². The summed E-state index contributed by atoms with van der Waals surface area (Å²) in [7, 11) is 0. The van der Waals surface area contributed by atoms with Crippen LogP contribution in [0.1, 0.15) is 11.1 Å². The first-order valence-corrected chi connectivity index (χ1v) is 9.96. The number of halogens is 3. The molecule has 0 aromatic heterocycles. The highest BCUT2D eigenvalue weighted by Crippen LogP contribution is 2.33. The summed E-state index contributed by atoms with van der Waals surface area (Å²) in [6.07, 6.45) is -2.53. The molecule has 8 heteroatoms. The van der Waals surface area contributed by atoms with Gasteiger partial charge in [-0.3, -0.25) is 4.79 Å². The van der Waals surface area contributed by atoms with Crippen molar-refractivity contribution in [2.75, 3.05) is 31.1 Å². The highest BCUT2D eigenvalue weighted by atomic mass is 32.2. The molecule has 0 unspecified atom stereocenters. The van der Waals surface area contributed by atoms with Crippen molar-refractivity contribution in [2.45, 2.75) is 6.18 Å². The summed E-state index contributed by atoms with van der Waals surface area (Å²) in [5.41, 5.74) is 0.852. The van der Waals surface area contributed by atoms with Crippen LogP contribution in [-0.4, -0.2) is 42.2 Å². The van der Waals surface area contributed by atoms with Gasteiger partial charge in [-0.2, -0.15) is 18.2 Å². The van der Waals surface area contributed by atoms with E-state index in [4.69, 9.17) is 0 Å². The second-order valence-electron chi connectivity index (χ2n) is 6.74. The molecule has 2 aromatic carbocycles. The van der Waals surface area contributed by atoms with Crippen LogP contribution < -0.4 is 4.90 Å². The Labute approximate surface area is 170 Å². The number of amidine groups is 1. The number of thioether (sulfide) groups is 1. The van der Waals surface area contributed by atoms with Gasteiger partial charge in [0, 0.05) is 31.9 Å². The summed E-state index contributed by atoms with van der Waals surface area (Å²) < 4.78 is 38.8. The van der Waals surface area contributed by atoms with E-state index in [1.54, 1.807) is 6.07 Å². The highest BCUT2D eigenvalue weighted by Gasteiger charge is 2.32. The van der Waals surface area contributed by atoms with Gasteiger partial charge in [0.1, 0.15) is 0 Å². The molecule has 4 rings (SSSR count). The van der Waals surface area contributed by atoms with Crippen molar-refractivity contribution in [2.24, 2.45) is 4.99 Å². The molecule has 4 nitrogen and oxygen atoms in total. The van der Waals surface area contributed by atoms with E-state index in [9.17, 15) is 18.0 Å². The van der Waals surface area contributed by atoms with E-state index >= 15 is 0 Å². The summed E-state index contributed by atoms with van der Waals surface area (Å²) in [5.74, 6) is -0.255. The number of aliphatic imine (C=N–C) groups is 1. The Morgan fingerprint density at radius 3 is 2.31 bits per heavy atom. The van der Waals surface area contributed by atoms with Crippen molar-refractivity contribution in [3.05, 3.63) is 70.6 Å². The number of alkyl halides is 3. The third-order valence-electron chi connectivity index (χ3n) is 4.80. The van der Waals surface area contributed by atoms with Crippen LogP contribution in [0, 0.1) is 0 Å². The largest absolute Gasteiger partial charge is 0.416 e. The van der Waals surface area contributed by atoms with Crippen LogP contribution in [0.5, 0.6) is 0 Å². The third kappa shape index (κ3) is 4.48. The Kier molecular flexibility index (Phi) is 5.36. The van der Waals surface area contributed by atoms with Crippen molar-refractivity contribution in [1.29, 1.82) is 0 Å². The van der Waals surface area contributed by atoms with Gasteiger partial charge in [0.2, 0.25) is 0 Å². The van der Waals surface area contributed by atoms with E-state index in [-0.39, 0.29) is 5.91 Å². The number of hydrogen-bond donors (Lipinski definition) is 0. The van der Waals surface area contributed by atoms with Gasteiger partial charge < -0.3 is 9.80 Å². The van der Waals surface area contributed by atoms with Gasteiger partial charge >= 0.3 is 6.18 Å². The molecular formula is C21H18F3N3OS. The maximum atomic E-state index is 12.9. The van der Waals surface area contributed by atoms with E-state index in [2.05, 4.69) is 4.99 Å². The minimum absolute atomic E-state index is 0.255.